The fourth-order valence-electron chi connectivity index (χ4n) is 3.06. The molecule has 25 heavy (non-hydrogen) atoms. The largest absolute Gasteiger partial charge is 0.370 e. The van der Waals surface area contributed by atoms with Gasteiger partial charge in [-0.3, -0.25) is 9.89 Å². The Kier molecular flexibility index (Phi) is 7.25. The topological polar surface area (TPSA) is 53.6 Å². The quantitative estimate of drug-likeness (QED) is 0.424. The predicted octanol–water partition coefficient (Wildman–Crippen LogP) is 3.79. The third-order valence-corrected chi connectivity index (χ3v) is 4.63. The van der Waals surface area contributed by atoms with Crippen molar-refractivity contribution >= 4 is 35.6 Å². The highest BCUT2D eigenvalue weighted by Crippen LogP contribution is 2.20. The van der Waals surface area contributed by atoms with Crippen LogP contribution in [0.3, 0.4) is 0 Å². The maximum atomic E-state index is 6.02. The molecule has 1 atom stereocenters. The van der Waals surface area contributed by atoms with Gasteiger partial charge in [0.05, 0.1) is 6.54 Å². The number of anilines is 1. The average molecular weight is 450 g/mol. The number of aliphatic imine (C=N–C) groups is 1. The van der Waals surface area contributed by atoms with E-state index in [-0.39, 0.29) is 24.0 Å². The summed E-state index contributed by atoms with van der Waals surface area (Å²) >= 11 is 0. The van der Waals surface area contributed by atoms with Gasteiger partial charge in [0.1, 0.15) is 0 Å². The monoisotopic (exact) mass is 450 g/mol. The number of benzene rings is 2. The van der Waals surface area contributed by atoms with Crippen LogP contribution in [0.2, 0.25) is 0 Å². The van der Waals surface area contributed by atoms with E-state index in [1.54, 1.807) is 0 Å². The molecule has 0 aliphatic carbocycles. The molecule has 2 aromatic rings. The van der Waals surface area contributed by atoms with Crippen molar-refractivity contribution in [1.29, 1.82) is 0 Å². The van der Waals surface area contributed by atoms with Crippen molar-refractivity contribution in [3.05, 3.63) is 65.2 Å². The van der Waals surface area contributed by atoms with Crippen LogP contribution in [0.25, 0.3) is 0 Å². The summed E-state index contributed by atoms with van der Waals surface area (Å²) in [6.07, 6.45) is 1.11. The van der Waals surface area contributed by atoms with Crippen molar-refractivity contribution in [2.45, 2.75) is 32.9 Å². The van der Waals surface area contributed by atoms with Crippen molar-refractivity contribution in [3.8, 4) is 0 Å². The molecule has 3 rings (SSSR count). The number of guanidine groups is 1. The van der Waals surface area contributed by atoms with E-state index in [1.807, 2.05) is 12.1 Å². The summed E-state index contributed by atoms with van der Waals surface area (Å²) in [6.45, 7) is 7.07. The van der Waals surface area contributed by atoms with Gasteiger partial charge >= 0.3 is 0 Å². The second-order valence-electron chi connectivity index (χ2n) is 6.56. The van der Waals surface area contributed by atoms with Crippen LogP contribution < -0.4 is 11.1 Å². The molecule has 0 amide bonds. The van der Waals surface area contributed by atoms with Crippen molar-refractivity contribution in [2.24, 2.45) is 10.7 Å². The fraction of sp³-hybridized carbons (Fsp3) is 0.350. The Morgan fingerprint density at radius 2 is 1.84 bits per heavy atom. The van der Waals surface area contributed by atoms with Gasteiger partial charge < -0.3 is 11.1 Å². The zero-order valence-electron chi connectivity index (χ0n) is 14.9. The Bertz CT molecular complexity index is 712. The SMILES string of the molecule is Cc1ccc(NC(N)=NCC(C)N2CCc3ccccc3C2)cc1.I. The number of nitrogens with two attached hydrogens (primary N) is 1. The summed E-state index contributed by atoms with van der Waals surface area (Å²) in [5.74, 6) is 0.475. The molecule has 2 aromatic carbocycles. The molecule has 1 unspecified atom stereocenters. The molecule has 0 radical (unpaired) electrons. The summed E-state index contributed by atoms with van der Waals surface area (Å²) in [5.41, 5.74) is 11.1. The molecule has 3 N–H and O–H groups in total. The van der Waals surface area contributed by atoms with Crippen molar-refractivity contribution in [1.82, 2.24) is 4.90 Å². The number of halogens is 1. The lowest BCUT2D eigenvalue weighted by Gasteiger charge is -2.33. The van der Waals surface area contributed by atoms with Crippen LogP contribution in [-0.2, 0) is 13.0 Å². The van der Waals surface area contributed by atoms with Crippen LogP contribution >= 0.6 is 24.0 Å². The van der Waals surface area contributed by atoms with E-state index >= 15 is 0 Å². The molecule has 0 saturated carbocycles. The first-order valence-electron chi connectivity index (χ1n) is 8.56. The Hall–Kier alpha value is -1.60. The summed E-state index contributed by atoms with van der Waals surface area (Å²) in [5, 5.41) is 3.15. The van der Waals surface area contributed by atoms with E-state index < -0.39 is 0 Å². The second kappa shape index (κ2) is 9.20. The maximum absolute atomic E-state index is 6.02. The number of nitrogens with one attached hydrogen (secondary N) is 1. The van der Waals surface area contributed by atoms with Gasteiger partial charge in [-0.05, 0) is 43.5 Å². The van der Waals surface area contributed by atoms with Crippen LogP contribution in [0.5, 0.6) is 0 Å². The van der Waals surface area contributed by atoms with E-state index in [2.05, 4.69) is 65.5 Å². The van der Waals surface area contributed by atoms with Gasteiger partial charge in [0, 0.05) is 24.8 Å². The van der Waals surface area contributed by atoms with Crippen LogP contribution in [0.15, 0.2) is 53.5 Å². The lowest BCUT2D eigenvalue weighted by molar-refractivity contribution is 0.195. The van der Waals surface area contributed by atoms with Crippen molar-refractivity contribution in [2.75, 3.05) is 18.4 Å². The summed E-state index contributed by atoms with van der Waals surface area (Å²) in [6, 6.07) is 17.2. The number of hydrogen-bond donors (Lipinski definition) is 2. The van der Waals surface area contributed by atoms with Crippen LogP contribution in [0, 0.1) is 6.92 Å². The van der Waals surface area contributed by atoms with Crippen molar-refractivity contribution < 1.29 is 0 Å². The molecular formula is C20H27IN4. The Balaban J connectivity index is 0.00000225. The van der Waals surface area contributed by atoms with E-state index in [0.717, 1.165) is 25.2 Å². The van der Waals surface area contributed by atoms with Gasteiger partial charge in [-0.15, -0.1) is 24.0 Å². The number of nitrogens with zero attached hydrogens (tertiary/aromatic N) is 2. The molecule has 0 fully saturated rings. The first kappa shape index (κ1) is 19.7. The Morgan fingerprint density at radius 3 is 2.56 bits per heavy atom. The smallest absolute Gasteiger partial charge is 0.193 e. The number of aryl methyl sites for hydroxylation is 1. The normalized spacial score (nSPS) is 15.8. The number of hydrogen-bond acceptors (Lipinski definition) is 2. The maximum Gasteiger partial charge on any atom is 0.193 e. The summed E-state index contributed by atoms with van der Waals surface area (Å²) in [7, 11) is 0. The molecule has 4 nitrogen and oxygen atoms in total. The highest BCUT2D eigenvalue weighted by molar-refractivity contribution is 14.0. The molecule has 5 heteroatoms. The first-order valence-corrected chi connectivity index (χ1v) is 8.56. The zero-order valence-corrected chi connectivity index (χ0v) is 17.2. The molecule has 1 aliphatic heterocycles. The van der Waals surface area contributed by atoms with Crippen LogP contribution in [-0.4, -0.2) is 30.0 Å². The lowest BCUT2D eigenvalue weighted by Crippen LogP contribution is -2.39. The standard InChI is InChI=1S/C20H26N4.HI/c1-15-7-9-19(10-8-15)23-20(21)22-13-16(2)24-12-11-17-5-3-4-6-18(17)14-24;/h3-10,16H,11-14H2,1-2H3,(H3,21,22,23);1H. The molecule has 0 bridgehead atoms. The molecule has 0 saturated heterocycles. The molecule has 0 spiro atoms. The predicted molar refractivity (Wildman–Crippen MR) is 117 cm³/mol. The first-order chi connectivity index (χ1) is 11.6. The molecule has 1 aliphatic rings. The molecule has 0 aromatic heterocycles. The molecule has 1 heterocycles. The van der Waals surface area contributed by atoms with Gasteiger partial charge in [-0.1, -0.05) is 42.0 Å². The van der Waals surface area contributed by atoms with Crippen LogP contribution in [0.4, 0.5) is 5.69 Å². The van der Waals surface area contributed by atoms with Gasteiger partial charge in [-0.2, -0.15) is 0 Å². The van der Waals surface area contributed by atoms with Gasteiger partial charge in [0.25, 0.3) is 0 Å². The van der Waals surface area contributed by atoms with E-state index in [0.29, 0.717) is 18.5 Å². The van der Waals surface area contributed by atoms with Crippen LogP contribution in [0.1, 0.15) is 23.6 Å². The summed E-state index contributed by atoms with van der Waals surface area (Å²) < 4.78 is 0. The minimum absolute atomic E-state index is 0. The lowest BCUT2D eigenvalue weighted by atomic mass is 9.99. The minimum Gasteiger partial charge on any atom is -0.370 e. The minimum atomic E-state index is 0. The number of rotatable bonds is 4. The third kappa shape index (κ3) is 5.44. The highest BCUT2D eigenvalue weighted by Gasteiger charge is 2.19. The van der Waals surface area contributed by atoms with Gasteiger partial charge in [0.15, 0.2) is 5.96 Å². The molecular weight excluding hydrogens is 423 g/mol. The average Bonchev–Trinajstić information content (AvgIpc) is 2.61. The van der Waals surface area contributed by atoms with Gasteiger partial charge in [-0.25, -0.2) is 0 Å². The zero-order chi connectivity index (χ0) is 16.9. The Morgan fingerprint density at radius 1 is 1.16 bits per heavy atom. The molecule has 134 valence electrons. The number of fused-ring (bicyclic) bond motifs is 1. The van der Waals surface area contributed by atoms with E-state index in [4.69, 9.17) is 5.73 Å². The van der Waals surface area contributed by atoms with E-state index in [1.165, 1.54) is 16.7 Å². The van der Waals surface area contributed by atoms with E-state index in [9.17, 15) is 0 Å². The Labute approximate surface area is 167 Å². The third-order valence-electron chi connectivity index (χ3n) is 4.63. The second-order valence-corrected chi connectivity index (χ2v) is 6.56. The summed E-state index contributed by atoms with van der Waals surface area (Å²) in [4.78, 5) is 6.99. The van der Waals surface area contributed by atoms with Crippen molar-refractivity contribution in [3.63, 3.8) is 0 Å². The fourth-order valence-corrected chi connectivity index (χ4v) is 3.06. The van der Waals surface area contributed by atoms with Gasteiger partial charge in [0.2, 0.25) is 0 Å². The highest BCUT2D eigenvalue weighted by atomic mass is 127.